The number of nitrogens with zero attached hydrogens (tertiary/aromatic N) is 2. The summed E-state index contributed by atoms with van der Waals surface area (Å²) in [7, 11) is 0. The lowest BCUT2D eigenvalue weighted by Gasteiger charge is -2.14. The summed E-state index contributed by atoms with van der Waals surface area (Å²) in [5.74, 6) is -0.669. The zero-order valence-corrected chi connectivity index (χ0v) is 18.9. The lowest BCUT2D eigenvalue weighted by molar-refractivity contribution is -0.116. The van der Waals surface area contributed by atoms with E-state index in [2.05, 4.69) is 26.2 Å². The molecule has 0 spiro atoms. The fourth-order valence-electron chi connectivity index (χ4n) is 3.55. The van der Waals surface area contributed by atoms with Crippen molar-refractivity contribution >= 4 is 44.2 Å². The Kier molecular flexibility index (Phi) is 6.28. The molecule has 32 heavy (non-hydrogen) atoms. The number of benzene rings is 2. The molecular weight excluding hydrogens is 470 g/mol. The van der Waals surface area contributed by atoms with Crippen LogP contribution in [0, 0.1) is 0 Å². The van der Waals surface area contributed by atoms with Gasteiger partial charge in [-0.1, -0.05) is 35.0 Å². The van der Waals surface area contributed by atoms with E-state index in [9.17, 15) is 14.4 Å². The molecular formula is C25H20BrN3O3. The lowest BCUT2D eigenvalue weighted by atomic mass is 10.0. The molecule has 0 aliphatic carbocycles. The Balaban J connectivity index is 1.74. The van der Waals surface area contributed by atoms with Gasteiger partial charge in [-0.25, -0.2) is 0 Å². The first kappa shape index (κ1) is 21.6. The minimum absolute atomic E-state index is 0.00239. The van der Waals surface area contributed by atoms with Gasteiger partial charge >= 0.3 is 0 Å². The van der Waals surface area contributed by atoms with E-state index < -0.39 is 5.78 Å². The maximum atomic E-state index is 13.1. The van der Waals surface area contributed by atoms with Crippen molar-refractivity contribution in [3.8, 4) is 0 Å². The normalized spacial score (nSPS) is 10.8. The Bertz CT molecular complexity index is 1380. The van der Waals surface area contributed by atoms with E-state index in [4.69, 9.17) is 0 Å². The number of pyridine rings is 2. The summed E-state index contributed by atoms with van der Waals surface area (Å²) in [6, 6.07) is 16.0. The van der Waals surface area contributed by atoms with Crippen molar-refractivity contribution in [2.24, 2.45) is 0 Å². The van der Waals surface area contributed by atoms with Crippen LogP contribution in [0.5, 0.6) is 0 Å². The average Bonchev–Trinajstić information content (AvgIpc) is 2.81. The summed E-state index contributed by atoms with van der Waals surface area (Å²) in [6.07, 6.45) is 5.33. The predicted molar refractivity (Wildman–Crippen MR) is 128 cm³/mol. The van der Waals surface area contributed by atoms with Crippen LogP contribution in [0.1, 0.15) is 28.4 Å². The number of hydrogen-bond acceptors (Lipinski definition) is 4. The van der Waals surface area contributed by atoms with Gasteiger partial charge in [-0.05, 0) is 54.4 Å². The summed E-state index contributed by atoms with van der Waals surface area (Å²) < 4.78 is 2.35. The van der Waals surface area contributed by atoms with Gasteiger partial charge in [0.25, 0.3) is 0 Å². The second kappa shape index (κ2) is 9.28. The summed E-state index contributed by atoms with van der Waals surface area (Å²) in [5.41, 5.74) is 2.38. The van der Waals surface area contributed by atoms with Crippen molar-refractivity contribution in [2.45, 2.75) is 19.9 Å². The van der Waals surface area contributed by atoms with E-state index in [1.54, 1.807) is 34.9 Å². The van der Waals surface area contributed by atoms with Gasteiger partial charge in [0.15, 0.2) is 5.78 Å². The molecule has 0 saturated carbocycles. The quantitative estimate of drug-likeness (QED) is 0.401. The smallest absolute Gasteiger partial charge is 0.244 e. The van der Waals surface area contributed by atoms with Gasteiger partial charge in [0.05, 0.1) is 11.1 Å². The fraction of sp³-hybridized carbons (Fsp3) is 0.120. The first-order valence-corrected chi connectivity index (χ1v) is 10.9. The molecule has 1 amide bonds. The van der Waals surface area contributed by atoms with Gasteiger partial charge in [-0.2, -0.15) is 0 Å². The highest BCUT2D eigenvalue weighted by atomic mass is 79.9. The monoisotopic (exact) mass is 489 g/mol. The third-order valence-electron chi connectivity index (χ3n) is 5.16. The Morgan fingerprint density at radius 3 is 2.59 bits per heavy atom. The second-order valence-corrected chi connectivity index (χ2v) is 8.24. The van der Waals surface area contributed by atoms with Crippen LogP contribution in [0.15, 0.2) is 82.5 Å². The highest BCUT2D eigenvalue weighted by Crippen LogP contribution is 2.20. The average molecular weight is 490 g/mol. The van der Waals surface area contributed by atoms with Crippen molar-refractivity contribution in [3.63, 3.8) is 0 Å². The number of anilines is 1. The highest BCUT2D eigenvalue weighted by Gasteiger charge is 2.18. The number of nitrogens with one attached hydrogen (secondary N) is 1. The molecule has 1 N–H and O–H groups in total. The summed E-state index contributed by atoms with van der Waals surface area (Å²) in [5, 5.41) is 3.26. The standard InChI is InChI=1S/C25H20BrN3O3/c1-2-16-4-3-5-19(12-16)28-23(30)15-29-14-21(24(31)17-8-10-27-11-9-17)25(32)20-13-18(26)6-7-22(20)29/h3-14H,2,15H2,1H3,(H,28,30). The molecule has 4 aromatic rings. The summed E-state index contributed by atoms with van der Waals surface area (Å²) in [4.78, 5) is 42.9. The van der Waals surface area contributed by atoms with Crippen LogP contribution in [0.25, 0.3) is 10.9 Å². The number of ketones is 1. The maximum absolute atomic E-state index is 13.1. The highest BCUT2D eigenvalue weighted by molar-refractivity contribution is 9.10. The van der Waals surface area contributed by atoms with Crippen LogP contribution in [-0.4, -0.2) is 21.2 Å². The number of carbonyl (C=O) groups excluding carboxylic acids is 2. The molecule has 7 heteroatoms. The number of fused-ring (bicyclic) bond motifs is 1. The zero-order valence-electron chi connectivity index (χ0n) is 17.3. The van der Waals surface area contributed by atoms with Crippen molar-refractivity contribution in [2.75, 3.05) is 5.32 Å². The number of halogens is 1. The van der Waals surface area contributed by atoms with Crippen LogP contribution in [-0.2, 0) is 17.8 Å². The molecule has 0 radical (unpaired) electrons. The molecule has 4 rings (SSSR count). The maximum Gasteiger partial charge on any atom is 0.244 e. The van der Waals surface area contributed by atoms with E-state index in [0.717, 1.165) is 12.0 Å². The SMILES string of the molecule is CCc1cccc(NC(=O)Cn2cc(C(=O)c3ccncc3)c(=O)c3cc(Br)ccc32)c1. The van der Waals surface area contributed by atoms with Crippen molar-refractivity contribution in [1.82, 2.24) is 9.55 Å². The van der Waals surface area contributed by atoms with Gasteiger partial charge in [0.1, 0.15) is 6.54 Å². The van der Waals surface area contributed by atoms with Crippen LogP contribution in [0.4, 0.5) is 5.69 Å². The van der Waals surface area contributed by atoms with Crippen LogP contribution < -0.4 is 10.7 Å². The number of aromatic nitrogens is 2. The molecule has 0 aliphatic heterocycles. The minimum atomic E-state index is -0.413. The third kappa shape index (κ3) is 4.53. The van der Waals surface area contributed by atoms with E-state index in [1.165, 1.54) is 18.6 Å². The molecule has 2 heterocycles. The molecule has 0 saturated heterocycles. The first-order valence-electron chi connectivity index (χ1n) is 10.1. The Morgan fingerprint density at radius 1 is 1.06 bits per heavy atom. The largest absolute Gasteiger partial charge is 0.337 e. The Hall–Kier alpha value is -3.58. The van der Waals surface area contributed by atoms with Crippen LogP contribution in [0.3, 0.4) is 0 Å². The third-order valence-corrected chi connectivity index (χ3v) is 5.66. The van der Waals surface area contributed by atoms with Gasteiger partial charge in [0, 0.05) is 39.7 Å². The number of rotatable bonds is 6. The van der Waals surface area contributed by atoms with Crippen LogP contribution >= 0.6 is 15.9 Å². The van der Waals surface area contributed by atoms with E-state index in [1.807, 2.05) is 31.2 Å². The molecule has 0 bridgehead atoms. The van der Waals surface area contributed by atoms with Gasteiger partial charge in [-0.15, -0.1) is 0 Å². The Morgan fingerprint density at radius 2 is 1.84 bits per heavy atom. The Labute approximate surface area is 193 Å². The molecule has 0 atom stereocenters. The molecule has 160 valence electrons. The van der Waals surface area contributed by atoms with Crippen molar-refractivity contribution in [3.05, 3.63) is 105 Å². The van der Waals surface area contributed by atoms with E-state index >= 15 is 0 Å². The first-order chi connectivity index (χ1) is 15.5. The lowest BCUT2D eigenvalue weighted by Crippen LogP contribution is -2.24. The fourth-order valence-corrected chi connectivity index (χ4v) is 3.91. The molecule has 0 aliphatic rings. The second-order valence-electron chi connectivity index (χ2n) is 7.33. The van der Waals surface area contributed by atoms with Gasteiger partial charge in [-0.3, -0.25) is 19.4 Å². The molecule has 6 nitrogen and oxygen atoms in total. The molecule has 2 aromatic carbocycles. The number of hydrogen-bond donors (Lipinski definition) is 1. The van der Waals surface area contributed by atoms with Crippen molar-refractivity contribution < 1.29 is 9.59 Å². The van der Waals surface area contributed by atoms with E-state index in [0.29, 0.717) is 26.6 Å². The summed E-state index contributed by atoms with van der Waals surface area (Å²) >= 11 is 3.39. The topological polar surface area (TPSA) is 81.1 Å². The van der Waals surface area contributed by atoms with Gasteiger partial charge < -0.3 is 9.88 Å². The summed E-state index contributed by atoms with van der Waals surface area (Å²) in [6.45, 7) is 2.00. The molecule has 0 fully saturated rings. The zero-order chi connectivity index (χ0) is 22.7. The van der Waals surface area contributed by atoms with Gasteiger partial charge in [0.2, 0.25) is 11.3 Å². The molecule has 0 unspecified atom stereocenters. The number of aryl methyl sites for hydroxylation is 1. The molecule has 2 aromatic heterocycles. The van der Waals surface area contributed by atoms with Crippen LogP contribution in [0.2, 0.25) is 0 Å². The van der Waals surface area contributed by atoms with Crippen molar-refractivity contribution in [1.29, 1.82) is 0 Å². The minimum Gasteiger partial charge on any atom is -0.337 e. The van der Waals surface area contributed by atoms with E-state index in [-0.39, 0.29) is 23.4 Å². The predicted octanol–water partition coefficient (Wildman–Crippen LogP) is 4.59. The number of amides is 1. The number of carbonyl (C=O) groups is 2.